The second kappa shape index (κ2) is 19.8. The molecule has 1 aromatic carbocycles. The molecule has 0 amide bonds. The highest BCUT2D eigenvalue weighted by molar-refractivity contribution is 7.85. The zero-order chi connectivity index (χ0) is 38.1. The number of unbranched alkanes of at least 4 members (excludes halogenated alkanes) is 2. The Bertz CT molecular complexity index is 1540. The van der Waals surface area contributed by atoms with E-state index in [2.05, 4.69) is 24.3 Å². The highest BCUT2D eigenvalue weighted by Crippen LogP contribution is 2.77. The molecule has 1 aromatic heterocycles. The molecule has 4 fully saturated rings. The number of benzene rings is 1. The third kappa shape index (κ3) is 11.5. The van der Waals surface area contributed by atoms with E-state index in [4.69, 9.17) is 9.97 Å². The Balaban J connectivity index is 1.45. The van der Waals surface area contributed by atoms with Crippen molar-refractivity contribution in [1.29, 1.82) is 0 Å². The van der Waals surface area contributed by atoms with Crippen LogP contribution in [0.15, 0.2) is 24.3 Å². The predicted molar refractivity (Wildman–Crippen MR) is 226 cm³/mol. The van der Waals surface area contributed by atoms with Crippen molar-refractivity contribution in [3.63, 3.8) is 0 Å². The summed E-state index contributed by atoms with van der Waals surface area (Å²) in [5.74, 6) is -0.542. The molecule has 12 heteroatoms. The maximum Gasteiger partial charge on any atom is 0.104 e. The molecule has 0 aliphatic heterocycles. The van der Waals surface area contributed by atoms with E-state index in [-0.39, 0.29) is 11.5 Å². The van der Waals surface area contributed by atoms with Gasteiger partial charge in [0.1, 0.15) is 23.7 Å². The minimum atomic E-state index is -4.25. The first-order valence-electron chi connectivity index (χ1n) is 21.8. The zero-order valence-electron chi connectivity index (χ0n) is 32.9. The van der Waals surface area contributed by atoms with Gasteiger partial charge in [-0.2, -0.15) is 0 Å². The van der Waals surface area contributed by atoms with E-state index in [1.807, 2.05) is 0 Å². The number of para-hydroxylation sites is 2. The summed E-state index contributed by atoms with van der Waals surface area (Å²) in [7, 11) is -11.9. The first-order valence-corrected chi connectivity index (χ1v) is 29.6. The molecule has 2 aromatic rings. The molecule has 304 valence electrons. The van der Waals surface area contributed by atoms with Crippen molar-refractivity contribution in [2.75, 3.05) is 23.8 Å². The van der Waals surface area contributed by atoms with Crippen LogP contribution in [0.2, 0.25) is 0 Å². The molecule has 0 spiro atoms. The van der Waals surface area contributed by atoms with Crippen LogP contribution in [0.1, 0.15) is 165 Å². The molecule has 4 aliphatic carbocycles. The highest BCUT2D eigenvalue weighted by Gasteiger charge is 2.55. The number of hydrogen-bond acceptors (Lipinski definition) is 8. The number of nitrogens with zero attached hydrogens (tertiary/aromatic N) is 2. The summed E-state index contributed by atoms with van der Waals surface area (Å²) >= 11 is 0. The summed E-state index contributed by atoms with van der Waals surface area (Å²) in [6.45, 7) is 0. The van der Waals surface area contributed by atoms with E-state index < -0.39 is 34.8 Å². The average Bonchev–Trinajstić information content (AvgIpc) is 3.18. The molecule has 6 rings (SSSR count). The fourth-order valence-electron chi connectivity index (χ4n) is 11.6. The normalized spacial score (nSPS) is 21.1. The Hall–Kier alpha value is -0.760. The maximum atomic E-state index is 11.7. The van der Waals surface area contributed by atoms with Gasteiger partial charge in [-0.05, 0) is 141 Å². The van der Waals surface area contributed by atoms with Gasteiger partial charge < -0.3 is 9.11 Å². The largest absolute Gasteiger partial charge is 0.748 e. The lowest BCUT2D eigenvalue weighted by molar-refractivity contribution is 0.458. The Morgan fingerprint density at radius 2 is 0.778 bits per heavy atom. The van der Waals surface area contributed by atoms with Gasteiger partial charge in [-0.15, -0.1) is 0 Å². The molecule has 0 atom stereocenters. The monoisotopic (exact) mass is 822 g/mol. The summed E-state index contributed by atoms with van der Waals surface area (Å²) < 4.78 is 70.5. The zero-order valence-corrected chi connectivity index (χ0v) is 36.3. The van der Waals surface area contributed by atoms with Crippen molar-refractivity contribution in [2.45, 2.75) is 189 Å². The van der Waals surface area contributed by atoms with Gasteiger partial charge in [0.25, 0.3) is 0 Å². The topological polar surface area (TPSA) is 140 Å². The van der Waals surface area contributed by atoms with Crippen LogP contribution in [0.4, 0.5) is 0 Å². The molecule has 8 nitrogen and oxygen atoms in total. The quantitative estimate of drug-likeness (QED) is 0.0822. The summed E-state index contributed by atoms with van der Waals surface area (Å²) in [5, 5.41) is 0. The molecule has 0 bridgehead atoms. The van der Waals surface area contributed by atoms with Crippen molar-refractivity contribution < 1.29 is 25.9 Å². The van der Waals surface area contributed by atoms with Crippen LogP contribution in [0.5, 0.6) is 0 Å². The van der Waals surface area contributed by atoms with Gasteiger partial charge in [0, 0.05) is 26.0 Å². The molecule has 1 heterocycles. The van der Waals surface area contributed by atoms with Crippen LogP contribution in [-0.4, -0.2) is 82.4 Å². The Morgan fingerprint density at radius 1 is 0.481 bits per heavy atom. The minimum absolute atomic E-state index is 0.271. The van der Waals surface area contributed by atoms with E-state index >= 15 is 0 Å². The Labute approximate surface area is 328 Å². The lowest BCUT2D eigenvalue weighted by Gasteiger charge is -2.45. The molecule has 0 radical (unpaired) electrons. The lowest BCUT2D eigenvalue weighted by atomic mass is 9.99. The fourth-order valence-corrected chi connectivity index (χ4v) is 25.6. The molecule has 54 heavy (non-hydrogen) atoms. The van der Waals surface area contributed by atoms with Crippen LogP contribution >= 0.6 is 14.5 Å². The number of hydrogen-bond donors (Lipinski definition) is 0. The number of rotatable bonds is 18. The van der Waals surface area contributed by atoms with E-state index in [9.17, 15) is 25.9 Å². The molecule has 0 saturated heterocycles. The van der Waals surface area contributed by atoms with Crippen molar-refractivity contribution in [2.24, 2.45) is 0 Å². The van der Waals surface area contributed by atoms with Crippen molar-refractivity contribution in [3.8, 4) is 0 Å². The van der Waals surface area contributed by atoms with E-state index in [0.717, 1.165) is 48.5 Å². The summed E-state index contributed by atoms with van der Waals surface area (Å²) in [4.78, 5) is 11.3. The molecular weight excluding hydrogens is 755 g/mol. The van der Waals surface area contributed by atoms with Gasteiger partial charge in [-0.3, -0.25) is 0 Å². The first-order chi connectivity index (χ1) is 26.0. The summed E-state index contributed by atoms with van der Waals surface area (Å²) in [5.41, 5.74) is 6.95. The van der Waals surface area contributed by atoms with Crippen molar-refractivity contribution in [3.05, 3.63) is 35.7 Å². The van der Waals surface area contributed by atoms with Crippen LogP contribution in [0.3, 0.4) is 0 Å². The maximum absolute atomic E-state index is 11.7. The predicted octanol–water partition coefficient (Wildman–Crippen LogP) is 10.6. The smallest absolute Gasteiger partial charge is 0.104 e. The standard InChI is InChI=1S/C42H68N2O6P2S2/c45-53(46,47)31-17-15-29-51(35-19-5-1-6-20-35,36-21-7-2-8-22-36)33-41-42(44-40-28-14-13-27-39(40)43-41)34-52(37-23-9-3-10-24-37,38-25-11-4-12-26-38)30-16-18-32-54(48,49)50/h13-14,27-28,35-38H,1-12,15-26,29-34H2. The van der Waals surface area contributed by atoms with Gasteiger partial charge in [0.2, 0.25) is 0 Å². The van der Waals surface area contributed by atoms with Crippen molar-refractivity contribution in [1.82, 2.24) is 9.97 Å². The number of fused-ring (bicyclic) bond motifs is 1. The molecule has 0 N–H and O–H groups in total. The van der Waals surface area contributed by atoms with Crippen LogP contribution < -0.4 is 0 Å². The minimum Gasteiger partial charge on any atom is -0.748 e. The van der Waals surface area contributed by atoms with E-state index in [1.165, 1.54) is 140 Å². The van der Waals surface area contributed by atoms with Gasteiger partial charge in [0.15, 0.2) is 0 Å². The fraction of sp³-hybridized carbons (Fsp3) is 0.810. The summed E-state index contributed by atoms with van der Waals surface area (Å²) in [6.07, 6.45) is 31.8. The molecule has 4 aliphatic rings. The SMILES string of the molecule is O=S(=O)([O-])CCCC[P+](Cc1nc2ccccc2nc1C[P+](CCCCS(=O)(=O)[O-])(C1CCCCC1)C1CCCCC1)(C1CCCCC1)C1CCCCC1. The van der Waals surface area contributed by atoms with Gasteiger partial charge in [-0.1, -0.05) is 37.8 Å². The molecule has 0 unspecified atom stereocenters. The van der Waals surface area contributed by atoms with Gasteiger partial charge in [0.05, 0.1) is 66.2 Å². The van der Waals surface area contributed by atoms with Crippen molar-refractivity contribution >= 4 is 45.8 Å². The van der Waals surface area contributed by atoms with Crippen LogP contribution in [-0.2, 0) is 32.6 Å². The molecular formula is C42H68N2O6P2S2. The Morgan fingerprint density at radius 3 is 1.06 bits per heavy atom. The second-order valence-corrected chi connectivity index (χ2v) is 29.6. The summed E-state index contributed by atoms with van der Waals surface area (Å²) in [6, 6.07) is 8.37. The van der Waals surface area contributed by atoms with E-state index in [1.54, 1.807) is 0 Å². The van der Waals surface area contributed by atoms with Gasteiger partial charge >= 0.3 is 0 Å². The average molecular weight is 823 g/mol. The van der Waals surface area contributed by atoms with E-state index in [0.29, 0.717) is 35.5 Å². The molecule has 4 saturated carbocycles. The Kier molecular flexibility index (Phi) is 15.7. The third-order valence-corrected chi connectivity index (χ3v) is 27.8. The highest BCUT2D eigenvalue weighted by atomic mass is 32.2. The first kappa shape index (κ1) is 42.8. The van der Waals surface area contributed by atoms with Crippen LogP contribution in [0.25, 0.3) is 11.0 Å². The lowest BCUT2D eigenvalue weighted by Crippen LogP contribution is -2.33. The third-order valence-electron chi connectivity index (χ3n) is 14.3. The van der Waals surface area contributed by atoms with Crippen LogP contribution in [0, 0.1) is 0 Å². The van der Waals surface area contributed by atoms with Gasteiger partial charge in [-0.25, -0.2) is 26.8 Å². The second-order valence-electron chi connectivity index (χ2n) is 17.7. The number of aromatic nitrogens is 2.